The predicted octanol–water partition coefficient (Wildman–Crippen LogP) is 4.61. The summed E-state index contributed by atoms with van der Waals surface area (Å²) in [5.41, 5.74) is 1.89. The van der Waals surface area contributed by atoms with Gasteiger partial charge in [0, 0.05) is 5.56 Å². The Balaban J connectivity index is 2.28. The highest BCUT2D eigenvalue weighted by Crippen LogP contribution is 2.28. The number of ether oxygens (including phenoxy) is 1. The van der Waals surface area contributed by atoms with Crippen LogP contribution >= 0.6 is 0 Å². The molecule has 0 radical (unpaired) electrons. The largest absolute Gasteiger partial charge is 0.507 e. The van der Waals surface area contributed by atoms with Gasteiger partial charge in [0.15, 0.2) is 0 Å². The van der Waals surface area contributed by atoms with E-state index in [9.17, 15) is 5.11 Å². The third-order valence-electron chi connectivity index (χ3n) is 2.42. The fraction of sp³-hybridized carbons (Fsp3) is 0.125. The van der Waals surface area contributed by atoms with Gasteiger partial charge in [-0.05, 0) is 44.2 Å². The van der Waals surface area contributed by atoms with E-state index in [-0.39, 0.29) is 5.75 Å². The number of phenols is 1. The summed E-state index contributed by atoms with van der Waals surface area (Å²) in [5.74, 6) is 1.76. The van der Waals surface area contributed by atoms with Crippen LogP contribution in [0.25, 0.3) is 6.08 Å². The molecule has 1 N–H and O–H groups in total. The first-order valence-electron chi connectivity index (χ1n) is 5.86. The van der Waals surface area contributed by atoms with Crippen LogP contribution in [0.4, 0.5) is 0 Å². The Bertz CT molecular complexity index is 553. The van der Waals surface area contributed by atoms with E-state index in [0.29, 0.717) is 5.75 Å². The SMILES string of the molecule is CC(C)=Cc1cc(Oc2ccccc2)ccc1O. The second-order valence-electron chi connectivity index (χ2n) is 4.36. The summed E-state index contributed by atoms with van der Waals surface area (Å²) in [5, 5.41) is 9.75. The maximum absolute atomic E-state index is 9.75. The zero-order valence-corrected chi connectivity index (χ0v) is 10.6. The smallest absolute Gasteiger partial charge is 0.128 e. The molecular formula is C16H16O2. The molecule has 0 spiro atoms. The van der Waals surface area contributed by atoms with Gasteiger partial charge >= 0.3 is 0 Å². The molecule has 2 aromatic carbocycles. The van der Waals surface area contributed by atoms with E-state index in [1.54, 1.807) is 12.1 Å². The molecule has 2 nitrogen and oxygen atoms in total. The Hall–Kier alpha value is -2.22. The molecule has 0 heterocycles. The molecule has 2 aromatic rings. The molecule has 18 heavy (non-hydrogen) atoms. The van der Waals surface area contributed by atoms with E-state index in [0.717, 1.165) is 16.9 Å². The van der Waals surface area contributed by atoms with E-state index in [1.165, 1.54) is 0 Å². The molecule has 0 saturated heterocycles. The van der Waals surface area contributed by atoms with Crippen molar-refractivity contribution >= 4 is 6.08 Å². The van der Waals surface area contributed by atoms with Gasteiger partial charge < -0.3 is 9.84 Å². The zero-order chi connectivity index (χ0) is 13.0. The van der Waals surface area contributed by atoms with E-state index in [2.05, 4.69) is 0 Å². The maximum atomic E-state index is 9.75. The van der Waals surface area contributed by atoms with E-state index >= 15 is 0 Å². The lowest BCUT2D eigenvalue weighted by atomic mass is 10.1. The average molecular weight is 240 g/mol. The molecule has 0 saturated carbocycles. The van der Waals surface area contributed by atoms with Crippen LogP contribution in [0.5, 0.6) is 17.2 Å². The van der Waals surface area contributed by atoms with Gasteiger partial charge in [-0.25, -0.2) is 0 Å². The van der Waals surface area contributed by atoms with Crippen molar-refractivity contribution in [2.24, 2.45) is 0 Å². The summed E-state index contributed by atoms with van der Waals surface area (Å²) < 4.78 is 5.72. The second kappa shape index (κ2) is 5.41. The molecule has 2 heteroatoms. The maximum Gasteiger partial charge on any atom is 0.128 e. The quantitative estimate of drug-likeness (QED) is 0.849. The molecule has 92 valence electrons. The van der Waals surface area contributed by atoms with Crippen LogP contribution in [0.15, 0.2) is 54.1 Å². The molecule has 0 aliphatic carbocycles. The molecule has 0 aliphatic rings. The molecule has 0 atom stereocenters. The number of phenolic OH excluding ortho intramolecular Hbond substituents is 1. The van der Waals surface area contributed by atoms with Gasteiger partial charge in [0.25, 0.3) is 0 Å². The van der Waals surface area contributed by atoms with Crippen molar-refractivity contribution < 1.29 is 9.84 Å². The Morgan fingerprint density at radius 3 is 2.39 bits per heavy atom. The van der Waals surface area contributed by atoms with Crippen molar-refractivity contribution in [3.8, 4) is 17.2 Å². The standard InChI is InChI=1S/C16H16O2/c1-12(2)10-13-11-15(8-9-16(13)17)18-14-6-4-3-5-7-14/h3-11,17H,1-2H3. The molecule has 0 unspecified atom stereocenters. The lowest BCUT2D eigenvalue weighted by molar-refractivity contribution is 0.463. The Labute approximate surface area is 107 Å². The van der Waals surface area contributed by atoms with Crippen LogP contribution in [0, 0.1) is 0 Å². The lowest BCUT2D eigenvalue weighted by Crippen LogP contribution is -1.85. The van der Waals surface area contributed by atoms with Crippen molar-refractivity contribution in [1.29, 1.82) is 0 Å². The number of rotatable bonds is 3. The number of aromatic hydroxyl groups is 1. The molecule has 0 aliphatic heterocycles. The van der Waals surface area contributed by atoms with Gasteiger partial charge in [0.2, 0.25) is 0 Å². The monoisotopic (exact) mass is 240 g/mol. The highest BCUT2D eigenvalue weighted by Gasteiger charge is 2.02. The van der Waals surface area contributed by atoms with Crippen LogP contribution in [0.1, 0.15) is 19.4 Å². The number of para-hydroxylation sites is 1. The highest BCUT2D eigenvalue weighted by molar-refractivity contribution is 5.61. The minimum Gasteiger partial charge on any atom is -0.507 e. The molecule has 0 bridgehead atoms. The minimum atomic E-state index is 0.261. The first-order chi connectivity index (χ1) is 8.65. The Kier molecular flexibility index (Phi) is 3.68. The molecular weight excluding hydrogens is 224 g/mol. The zero-order valence-electron chi connectivity index (χ0n) is 10.6. The summed E-state index contributed by atoms with van der Waals surface area (Å²) >= 11 is 0. The van der Waals surface area contributed by atoms with Crippen LogP contribution in [-0.4, -0.2) is 5.11 Å². The molecule has 0 aromatic heterocycles. The minimum absolute atomic E-state index is 0.261. The van der Waals surface area contributed by atoms with Gasteiger partial charge in [0.1, 0.15) is 17.2 Å². The van der Waals surface area contributed by atoms with Crippen molar-refractivity contribution in [1.82, 2.24) is 0 Å². The summed E-state index contributed by atoms with van der Waals surface area (Å²) in [6.45, 7) is 3.98. The Morgan fingerprint density at radius 1 is 1.00 bits per heavy atom. The van der Waals surface area contributed by atoms with Crippen LogP contribution in [-0.2, 0) is 0 Å². The number of benzene rings is 2. The van der Waals surface area contributed by atoms with Crippen LogP contribution < -0.4 is 4.74 Å². The summed E-state index contributed by atoms with van der Waals surface area (Å²) in [6.07, 6.45) is 1.92. The number of hydrogen-bond donors (Lipinski definition) is 1. The molecule has 0 fully saturated rings. The molecule has 0 amide bonds. The normalized spacial score (nSPS) is 9.89. The summed E-state index contributed by atoms with van der Waals surface area (Å²) in [7, 11) is 0. The second-order valence-corrected chi connectivity index (χ2v) is 4.36. The third-order valence-corrected chi connectivity index (χ3v) is 2.42. The van der Waals surface area contributed by atoms with E-state index < -0.39 is 0 Å². The fourth-order valence-corrected chi connectivity index (χ4v) is 1.65. The number of allylic oxidation sites excluding steroid dienone is 1. The van der Waals surface area contributed by atoms with E-state index in [1.807, 2.05) is 56.3 Å². The van der Waals surface area contributed by atoms with Crippen molar-refractivity contribution in [3.63, 3.8) is 0 Å². The Morgan fingerprint density at radius 2 is 1.72 bits per heavy atom. The van der Waals surface area contributed by atoms with E-state index in [4.69, 9.17) is 4.74 Å². The van der Waals surface area contributed by atoms with Gasteiger partial charge in [-0.15, -0.1) is 0 Å². The summed E-state index contributed by atoms with van der Waals surface area (Å²) in [4.78, 5) is 0. The third kappa shape index (κ3) is 3.14. The average Bonchev–Trinajstić information content (AvgIpc) is 2.34. The number of hydrogen-bond acceptors (Lipinski definition) is 2. The first kappa shape index (κ1) is 12.2. The van der Waals surface area contributed by atoms with Gasteiger partial charge in [-0.2, -0.15) is 0 Å². The predicted molar refractivity (Wildman–Crippen MR) is 73.9 cm³/mol. The van der Waals surface area contributed by atoms with Crippen LogP contribution in [0.3, 0.4) is 0 Å². The van der Waals surface area contributed by atoms with Crippen molar-refractivity contribution in [2.75, 3.05) is 0 Å². The lowest BCUT2D eigenvalue weighted by Gasteiger charge is -2.07. The van der Waals surface area contributed by atoms with Crippen molar-refractivity contribution in [3.05, 3.63) is 59.7 Å². The van der Waals surface area contributed by atoms with Gasteiger partial charge in [-0.1, -0.05) is 29.8 Å². The van der Waals surface area contributed by atoms with Crippen LogP contribution in [0.2, 0.25) is 0 Å². The highest BCUT2D eigenvalue weighted by atomic mass is 16.5. The van der Waals surface area contributed by atoms with Gasteiger partial charge in [0.05, 0.1) is 0 Å². The first-order valence-corrected chi connectivity index (χ1v) is 5.86. The molecule has 2 rings (SSSR count). The summed E-state index contributed by atoms with van der Waals surface area (Å²) in [6, 6.07) is 14.8. The topological polar surface area (TPSA) is 29.5 Å². The van der Waals surface area contributed by atoms with Crippen molar-refractivity contribution in [2.45, 2.75) is 13.8 Å². The van der Waals surface area contributed by atoms with Gasteiger partial charge in [-0.3, -0.25) is 0 Å². The fourth-order valence-electron chi connectivity index (χ4n) is 1.65.